The second-order valence-electron chi connectivity index (χ2n) is 6.32. The van der Waals surface area contributed by atoms with Gasteiger partial charge in [-0.3, -0.25) is 0 Å². The van der Waals surface area contributed by atoms with Gasteiger partial charge in [-0.2, -0.15) is 0 Å². The molecule has 0 bridgehead atoms. The first-order chi connectivity index (χ1) is 8.09. The highest BCUT2D eigenvalue weighted by Crippen LogP contribution is 2.33. The van der Waals surface area contributed by atoms with E-state index in [1.807, 2.05) is 13.8 Å². The van der Waals surface area contributed by atoms with Crippen molar-refractivity contribution >= 4 is 0 Å². The van der Waals surface area contributed by atoms with Crippen molar-refractivity contribution in [2.75, 3.05) is 0 Å². The van der Waals surface area contributed by atoms with Crippen LogP contribution >= 0.6 is 0 Å². The molecule has 2 heteroatoms. The topological polar surface area (TPSA) is 63.0 Å². The van der Waals surface area contributed by atoms with Gasteiger partial charge in [0.15, 0.2) is 0 Å². The van der Waals surface area contributed by atoms with Crippen LogP contribution in [0.3, 0.4) is 0 Å². The zero-order valence-corrected chi connectivity index (χ0v) is 14.3. The van der Waals surface area contributed by atoms with Gasteiger partial charge in [-0.1, -0.05) is 80.1 Å². The van der Waals surface area contributed by atoms with Crippen LogP contribution in [0.4, 0.5) is 0 Å². The summed E-state index contributed by atoms with van der Waals surface area (Å²) in [5.41, 5.74) is 0. The van der Waals surface area contributed by atoms with Gasteiger partial charge < -0.3 is 11.0 Å². The monoisotopic (exact) mass is 276 g/mol. The van der Waals surface area contributed by atoms with Crippen molar-refractivity contribution in [2.24, 2.45) is 23.7 Å². The zero-order valence-electron chi connectivity index (χ0n) is 14.3. The van der Waals surface area contributed by atoms with Gasteiger partial charge in [0.1, 0.15) is 0 Å². The van der Waals surface area contributed by atoms with Crippen LogP contribution in [-0.4, -0.2) is 11.0 Å². The quantitative estimate of drug-likeness (QED) is 0.671. The Kier molecular flexibility index (Phi) is 18.1. The Morgan fingerprint density at radius 2 is 1.42 bits per heavy atom. The van der Waals surface area contributed by atoms with E-state index in [2.05, 4.69) is 27.7 Å². The lowest BCUT2D eigenvalue weighted by atomic mass is 9.83. The number of rotatable bonds is 4. The van der Waals surface area contributed by atoms with E-state index >= 15 is 0 Å². The maximum atomic E-state index is 2.49. The minimum Gasteiger partial charge on any atom is -0.412 e. The van der Waals surface area contributed by atoms with E-state index in [4.69, 9.17) is 0 Å². The molecule has 1 saturated carbocycles. The lowest BCUT2D eigenvalue weighted by Crippen LogP contribution is -2.12. The third-order valence-electron chi connectivity index (χ3n) is 4.31. The summed E-state index contributed by atoms with van der Waals surface area (Å²) in [6.45, 7) is 13.6. The fraction of sp³-hybridized carbons (Fsp3) is 1.00. The number of hydrogen-bond donors (Lipinski definition) is 0. The standard InChI is InChI=1S/C15H30.C2H6.2H2O/c1-12(2)8-10-14(4)15-7-5-6-13(3)9-11-15;1-2;;/h12-15H,5-11H2,1-4H3;1-2H3;2*1H2. The van der Waals surface area contributed by atoms with E-state index in [9.17, 15) is 0 Å². The number of hydrogen-bond acceptors (Lipinski definition) is 0. The molecule has 0 radical (unpaired) electrons. The smallest absolute Gasteiger partial charge is 0.0388 e. The van der Waals surface area contributed by atoms with E-state index in [1.165, 1.54) is 44.9 Å². The summed E-state index contributed by atoms with van der Waals surface area (Å²) in [6.07, 6.45) is 10.3. The lowest BCUT2D eigenvalue weighted by Gasteiger charge is -2.23. The Bertz CT molecular complexity index is 169. The Balaban J connectivity index is -0.000000609. The summed E-state index contributed by atoms with van der Waals surface area (Å²) in [5.74, 6) is 3.89. The van der Waals surface area contributed by atoms with E-state index in [0.717, 1.165) is 23.7 Å². The van der Waals surface area contributed by atoms with E-state index < -0.39 is 0 Å². The Morgan fingerprint density at radius 1 is 0.842 bits per heavy atom. The average Bonchev–Trinajstić information content (AvgIpc) is 2.53. The van der Waals surface area contributed by atoms with Gasteiger partial charge in [-0.05, 0) is 30.1 Å². The van der Waals surface area contributed by atoms with Crippen LogP contribution < -0.4 is 0 Å². The molecule has 2 nitrogen and oxygen atoms in total. The molecule has 1 fully saturated rings. The van der Waals surface area contributed by atoms with Crippen molar-refractivity contribution < 1.29 is 11.0 Å². The fourth-order valence-electron chi connectivity index (χ4n) is 2.92. The highest BCUT2D eigenvalue weighted by molar-refractivity contribution is 4.72. The molecular weight excluding hydrogens is 236 g/mol. The minimum absolute atomic E-state index is 0. The summed E-state index contributed by atoms with van der Waals surface area (Å²) in [6, 6.07) is 0. The molecule has 0 spiro atoms. The normalized spacial score (nSPS) is 24.2. The van der Waals surface area contributed by atoms with Crippen LogP contribution in [-0.2, 0) is 0 Å². The van der Waals surface area contributed by atoms with Crippen molar-refractivity contribution in [1.82, 2.24) is 0 Å². The predicted molar refractivity (Wildman–Crippen MR) is 87.6 cm³/mol. The maximum Gasteiger partial charge on any atom is -0.0388 e. The maximum absolute atomic E-state index is 2.49. The Morgan fingerprint density at radius 3 is 1.95 bits per heavy atom. The highest BCUT2D eigenvalue weighted by Gasteiger charge is 2.21. The summed E-state index contributed by atoms with van der Waals surface area (Å²) in [7, 11) is 0. The van der Waals surface area contributed by atoms with Crippen LogP contribution in [0.2, 0.25) is 0 Å². The molecule has 4 N–H and O–H groups in total. The van der Waals surface area contributed by atoms with Gasteiger partial charge in [0.2, 0.25) is 0 Å². The summed E-state index contributed by atoms with van der Waals surface area (Å²) in [4.78, 5) is 0. The lowest BCUT2D eigenvalue weighted by molar-refractivity contribution is 0.284. The first-order valence-corrected chi connectivity index (χ1v) is 8.09. The third kappa shape index (κ3) is 11.4. The first-order valence-electron chi connectivity index (χ1n) is 8.09. The van der Waals surface area contributed by atoms with Crippen molar-refractivity contribution in [3.8, 4) is 0 Å². The van der Waals surface area contributed by atoms with Gasteiger partial charge >= 0.3 is 0 Å². The van der Waals surface area contributed by atoms with Crippen molar-refractivity contribution in [3.63, 3.8) is 0 Å². The van der Waals surface area contributed by atoms with Crippen LogP contribution in [0.15, 0.2) is 0 Å². The summed E-state index contributed by atoms with van der Waals surface area (Å²) >= 11 is 0. The largest absolute Gasteiger partial charge is 0.412 e. The molecule has 120 valence electrons. The molecule has 0 amide bonds. The molecule has 3 atom stereocenters. The molecule has 0 aromatic rings. The second-order valence-corrected chi connectivity index (χ2v) is 6.32. The molecule has 19 heavy (non-hydrogen) atoms. The molecule has 1 aliphatic carbocycles. The molecule has 0 aromatic heterocycles. The van der Waals surface area contributed by atoms with Crippen molar-refractivity contribution in [2.45, 2.75) is 86.5 Å². The summed E-state index contributed by atoms with van der Waals surface area (Å²) < 4.78 is 0. The van der Waals surface area contributed by atoms with E-state index in [1.54, 1.807) is 0 Å². The second kappa shape index (κ2) is 14.3. The van der Waals surface area contributed by atoms with Crippen LogP contribution in [0.1, 0.15) is 86.5 Å². The molecular formula is C17H40O2. The van der Waals surface area contributed by atoms with Gasteiger partial charge in [-0.25, -0.2) is 0 Å². The van der Waals surface area contributed by atoms with Crippen LogP contribution in [0.5, 0.6) is 0 Å². The Hall–Kier alpha value is -0.0800. The van der Waals surface area contributed by atoms with Gasteiger partial charge in [-0.15, -0.1) is 0 Å². The van der Waals surface area contributed by atoms with Gasteiger partial charge in [0, 0.05) is 0 Å². The molecule has 0 heterocycles. The average molecular weight is 277 g/mol. The Labute approximate surface area is 122 Å². The van der Waals surface area contributed by atoms with E-state index in [0.29, 0.717) is 0 Å². The third-order valence-corrected chi connectivity index (χ3v) is 4.31. The SMILES string of the molecule is CC.CC(C)CCC(C)C1CCCC(C)CC1.O.O. The highest BCUT2D eigenvalue weighted by atomic mass is 16.0. The van der Waals surface area contributed by atoms with Gasteiger partial charge in [0.25, 0.3) is 0 Å². The molecule has 0 saturated heterocycles. The van der Waals surface area contributed by atoms with Crippen molar-refractivity contribution in [3.05, 3.63) is 0 Å². The van der Waals surface area contributed by atoms with Gasteiger partial charge in [0.05, 0.1) is 0 Å². The van der Waals surface area contributed by atoms with Crippen molar-refractivity contribution in [1.29, 1.82) is 0 Å². The fourth-order valence-corrected chi connectivity index (χ4v) is 2.92. The molecule has 1 aliphatic rings. The molecule has 0 aromatic carbocycles. The predicted octanol–water partition coefficient (Wildman–Crippen LogP) is 4.65. The first kappa shape index (κ1) is 24.0. The minimum atomic E-state index is 0. The molecule has 1 rings (SSSR count). The van der Waals surface area contributed by atoms with Crippen LogP contribution in [0, 0.1) is 23.7 Å². The molecule has 0 aliphatic heterocycles. The van der Waals surface area contributed by atoms with E-state index in [-0.39, 0.29) is 11.0 Å². The zero-order chi connectivity index (χ0) is 13.3. The summed E-state index contributed by atoms with van der Waals surface area (Å²) in [5, 5.41) is 0. The van der Waals surface area contributed by atoms with Crippen LogP contribution in [0.25, 0.3) is 0 Å². The molecule has 3 unspecified atom stereocenters.